The van der Waals surface area contributed by atoms with Crippen LogP contribution in [0.3, 0.4) is 0 Å². The van der Waals surface area contributed by atoms with Crippen molar-refractivity contribution >= 4 is 47.9 Å². The van der Waals surface area contributed by atoms with Crippen LogP contribution in [0.1, 0.15) is 12.0 Å². The molecule has 0 radical (unpaired) electrons. The van der Waals surface area contributed by atoms with Crippen molar-refractivity contribution < 1.29 is 22.1 Å². The highest BCUT2D eigenvalue weighted by Crippen LogP contribution is 2.29. The molecule has 0 unspecified atom stereocenters. The predicted octanol–water partition coefficient (Wildman–Crippen LogP) is 5.14. The maximum Gasteiger partial charge on any atom is 0.413 e. The number of rotatable bonds is 8. The van der Waals surface area contributed by atoms with Crippen LogP contribution in [0.4, 0.5) is 18.9 Å². The molecule has 0 aliphatic carbocycles. The smallest absolute Gasteiger partial charge is 0.413 e. The molecule has 0 spiro atoms. The van der Waals surface area contributed by atoms with Crippen molar-refractivity contribution in [1.82, 2.24) is 0 Å². The zero-order valence-corrected chi connectivity index (χ0v) is 16.9. The first-order valence-electron chi connectivity index (χ1n) is 6.86. The SMILES string of the molecule is COc1ccc(C#CSI)cc1N(C)CCCSOCC(F)(F)F. The van der Waals surface area contributed by atoms with E-state index in [1.807, 2.05) is 30.1 Å². The molecule has 0 heterocycles. The fourth-order valence-electron chi connectivity index (χ4n) is 1.79. The van der Waals surface area contributed by atoms with E-state index in [1.165, 1.54) is 8.93 Å². The summed E-state index contributed by atoms with van der Waals surface area (Å²) in [5, 5.41) is 2.93. The third-order valence-corrected chi connectivity index (χ3v) is 4.43. The van der Waals surface area contributed by atoms with E-state index < -0.39 is 12.8 Å². The number of methoxy groups -OCH3 is 1. The van der Waals surface area contributed by atoms with Crippen LogP contribution in [0.25, 0.3) is 0 Å². The van der Waals surface area contributed by atoms with E-state index in [9.17, 15) is 13.2 Å². The number of ether oxygens (including phenoxy) is 1. The quantitative estimate of drug-likeness (QED) is 0.217. The van der Waals surface area contributed by atoms with Gasteiger partial charge in [-0.1, -0.05) is 5.92 Å². The fraction of sp³-hybridized carbons (Fsp3) is 0.467. The first kappa shape index (κ1) is 21.6. The third-order valence-electron chi connectivity index (χ3n) is 2.85. The topological polar surface area (TPSA) is 21.7 Å². The second kappa shape index (κ2) is 11.2. The summed E-state index contributed by atoms with van der Waals surface area (Å²) >= 11 is 2.95. The van der Waals surface area contributed by atoms with Gasteiger partial charge in [-0.15, -0.1) is 0 Å². The number of halogens is 4. The molecular weight excluding hydrogens is 474 g/mol. The van der Waals surface area contributed by atoms with E-state index in [2.05, 4.69) is 36.6 Å². The van der Waals surface area contributed by atoms with Gasteiger partial charge in [-0.05, 0) is 50.8 Å². The molecule has 9 heteroatoms. The molecule has 0 aliphatic rings. The molecule has 0 saturated carbocycles. The summed E-state index contributed by atoms with van der Waals surface area (Å²) in [4.78, 5) is 1.99. The van der Waals surface area contributed by atoms with Crippen LogP contribution < -0.4 is 9.64 Å². The number of hydrogen-bond donors (Lipinski definition) is 0. The fourth-order valence-corrected chi connectivity index (χ4v) is 2.86. The van der Waals surface area contributed by atoms with Gasteiger partial charge in [-0.3, -0.25) is 0 Å². The summed E-state index contributed by atoms with van der Waals surface area (Å²) in [6, 6.07) is 5.68. The van der Waals surface area contributed by atoms with E-state index >= 15 is 0 Å². The van der Waals surface area contributed by atoms with Gasteiger partial charge in [0.1, 0.15) is 5.75 Å². The molecule has 3 nitrogen and oxygen atoms in total. The maximum absolute atomic E-state index is 12.0. The average molecular weight is 491 g/mol. The second-order valence-electron chi connectivity index (χ2n) is 4.67. The molecule has 1 rings (SSSR count). The average Bonchev–Trinajstić information content (AvgIpc) is 2.54. The van der Waals surface area contributed by atoms with E-state index in [-0.39, 0.29) is 0 Å². The van der Waals surface area contributed by atoms with Crippen LogP contribution in [0.15, 0.2) is 18.2 Å². The van der Waals surface area contributed by atoms with Crippen LogP contribution in [0.2, 0.25) is 0 Å². The molecular formula is C15H17F3INO2S2. The minimum absolute atomic E-state index is 0.480. The number of benzene rings is 1. The molecule has 0 atom stereocenters. The van der Waals surface area contributed by atoms with Crippen molar-refractivity contribution in [2.24, 2.45) is 0 Å². The van der Waals surface area contributed by atoms with Gasteiger partial charge in [-0.2, -0.15) is 13.2 Å². The lowest BCUT2D eigenvalue weighted by Crippen LogP contribution is -2.20. The van der Waals surface area contributed by atoms with Gasteiger partial charge in [0.25, 0.3) is 0 Å². The Morgan fingerprint density at radius 2 is 2.08 bits per heavy atom. The van der Waals surface area contributed by atoms with Crippen molar-refractivity contribution in [2.75, 3.05) is 38.0 Å². The van der Waals surface area contributed by atoms with E-state index in [1.54, 1.807) is 7.11 Å². The Morgan fingerprint density at radius 3 is 2.71 bits per heavy atom. The summed E-state index contributed by atoms with van der Waals surface area (Å²) in [5.41, 5.74) is 1.77. The molecule has 0 fully saturated rings. The molecule has 1 aromatic rings. The normalized spacial score (nSPS) is 10.9. The molecule has 0 aliphatic heterocycles. The Morgan fingerprint density at radius 1 is 1.33 bits per heavy atom. The van der Waals surface area contributed by atoms with Crippen molar-refractivity contribution in [3.8, 4) is 16.9 Å². The van der Waals surface area contributed by atoms with Gasteiger partial charge in [0.2, 0.25) is 0 Å². The summed E-state index contributed by atoms with van der Waals surface area (Å²) in [6.07, 6.45) is -3.60. The van der Waals surface area contributed by atoms with Gasteiger partial charge in [0, 0.05) is 46.1 Å². The molecule has 24 heavy (non-hydrogen) atoms. The van der Waals surface area contributed by atoms with Gasteiger partial charge in [0.15, 0.2) is 6.61 Å². The Kier molecular flexibility index (Phi) is 10.1. The zero-order chi connectivity index (χ0) is 18.0. The standard InChI is InChI=1S/C15H17F3INO2S2/c1-20(7-3-8-24-22-11-15(16,17)18)13-10-12(6-9-23-19)4-5-14(13)21-2/h4-5,10H,3,7-8,11H2,1-2H3. The Bertz CT molecular complexity index is 576. The molecule has 134 valence electrons. The van der Waals surface area contributed by atoms with Crippen LogP contribution in [0.5, 0.6) is 5.75 Å². The Hall–Kier alpha value is -0.440. The van der Waals surface area contributed by atoms with Gasteiger partial charge in [0.05, 0.1) is 12.8 Å². The lowest BCUT2D eigenvalue weighted by atomic mass is 10.2. The highest BCUT2D eigenvalue weighted by atomic mass is 127. The van der Waals surface area contributed by atoms with Crippen LogP contribution in [-0.4, -0.2) is 39.2 Å². The number of alkyl halides is 3. The third kappa shape index (κ3) is 8.60. The lowest BCUT2D eigenvalue weighted by molar-refractivity contribution is -0.150. The highest BCUT2D eigenvalue weighted by molar-refractivity contribution is 14.2. The van der Waals surface area contributed by atoms with Gasteiger partial charge >= 0.3 is 6.18 Å². The number of nitrogens with zero attached hydrogens (tertiary/aromatic N) is 1. The van der Waals surface area contributed by atoms with E-state index in [0.29, 0.717) is 18.7 Å². The highest BCUT2D eigenvalue weighted by Gasteiger charge is 2.27. The summed E-state index contributed by atoms with van der Waals surface area (Å²) < 4.78 is 45.7. The molecule has 0 N–H and O–H groups in total. The molecule has 0 bridgehead atoms. The number of hydrogen-bond acceptors (Lipinski definition) is 5. The minimum atomic E-state index is -4.28. The van der Waals surface area contributed by atoms with Crippen molar-refractivity contribution in [3.05, 3.63) is 23.8 Å². The summed E-state index contributed by atoms with van der Waals surface area (Å²) in [6.45, 7) is -0.562. The molecule has 0 amide bonds. The Balaban J connectivity index is 2.52. The Labute approximate surface area is 160 Å². The van der Waals surface area contributed by atoms with Crippen LogP contribution >= 0.6 is 42.2 Å². The van der Waals surface area contributed by atoms with E-state index in [4.69, 9.17) is 4.74 Å². The largest absolute Gasteiger partial charge is 0.495 e. The molecule has 1 aromatic carbocycles. The summed E-state index contributed by atoms with van der Waals surface area (Å²) in [5.74, 6) is 4.24. The molecule has 0 saturated heterocycles. The predicted molar refractivity (Wildman–Crippen MR) is 104 cm³/mol. The maximum atomic E-state index is 12.0. The van der Waals surface area contributed by atoms with Crippen LogP contribution in [0, 0.1) is 11.2 Å². The number of anilines is 1. The van der Waals surface area contributed by atoms with Gasteiger partial charge in [-0.25, -0.2) is 0 Å². The zero-order valence-electron chi connectivity index (χ0n) is 13.2. The van der Waals surface area contributed by atoms with E-state index in [0.717, 1.165) is 29.0 Å². The lowest BCUT2D eigenvalue weighted by Gasteiger charge is -2.22. The minimum Gasteiger partial charge on any atom is -0.495 e. The molecule has 0 aromatic heterocycles. The second-order valence-corrected chi connectivity index (χ2v) is 7.22. The first-order chi connectivity index (χ1) is 11.4. The van der Waals surface area contributed by atoms with Gasteiger partial charge < -0.3 is 13.8 Å². The summed E-state index contributed by atoms with van der Waals surface area (Å²) in [7, 11) is 4.91. The van der Waals surface area contributed by atoms with Crippen molar-refractivity contribution in [2.45, 2.75) is 12.6 Å². The van der Waals surface area contributed by atoms with Crippen molar-refractivity contribution in [3.63, 3.8) is 0 Å². The first-order valence-corrected chi connectivity index (χ1v) is 11.1. The monoisotopic (exact) mass is 491 g/mol. The van der Waals surface area contributed by atoms with Crippen molar-refractivity contribution in [1.29, 1.82) is 0 Å². The van der Waals surface area contributed by atoms with Crippen LogP contribution in [-0.2, 0) is 4.18 Å².